The van der Waals surface area contributed by atoms with Crippen LogP contribution in [0.1, 0.15) is 81.0 Å². The number of carbonyl (C=O) groups is 9. The van der Waals surface area contributed by atoms with Gasteiger partial charge in [0.1, 0.15) is 36.4 Å². The molecule has 0 saturated heterocycles. The van der Waals surface area contributed by atoms with Crippen LogP contribution in [0.3, 0.4) is 0 Å². The van der Waals surface area contributed by atoms with Crippen LogP contribution < -0.4 is 46.1 Å². The van der Waals surface area contributed by atoms with Crippen molar-refractivity contribution in [2.24, 2.45) is 11.7 Å². The second kappa shape index (κ2) is 44.1. The molecule has 5 atom stereocenters. The van der Waals surface area contributed by atoms with Crippen molar-refractivity contribution in [3.05, 3.63) is 136 Å². The largest absolute Gasteiger partial charge is 0.524 e. The third kappa shape index (κ3) is 25.2. The monoisotopic (exact) mass is 1660 g/mol. The molecule has 9 N–H and O–H groups in total. The summed E-state index contributed by atoms with van der Waals surface area (Å²) in [5.74, 6) is -3.64. The molecule has 5 aromatic carbocycles. The van der Waals surface area contributed by atoms with Gasteiger partial charge >= 0.3 is 26.0 Å². The van der Waals surface area contributed by atoms with E-state index in [9.17, 15) is 62.6 Å². The maximum Gasteiger partial charge on any atom is 0.524 e. The minimum Gasteiger partial charge on any atom is -0.445 e. The van der Waals surface area contributed by atoms with Gasteiger partial charge in [-0.2, -0.15) is 0 Å². The number of ether oxygens (including phenoxy) is 9. The number of phosphoric acid groups is 1. The van der Waals surface area contributed by atoms with E-state index in [1.54, 1.807) is 97.6 Å². The summed E-state index contributed by atoms with van der Waals surface area (Å²) >= 11 is 14.1. The summed E-state index contributed by atoms with van der Waals surface area (Å²) in [6, 6.07) is 23.8. The summed E-state index contributed by atoms with van der Waals surface area (Å²) in [5, 5.41) is 22.8. The Morgan fingerprint density at radius 2 is 1.18 bits per heavy atom. The van der Waals surface area contributed by atoms with Gasteiger partial charge in [0, 0.05) is 125 Å². The van der Waals surface area contributed by atoms with Crippen LogP contribution in [0.15, 0.2) is 109 Å². The number of benzene rings is 5. The zero-order chi connectivity index (χ0) is 81.8. The number of hydrogen-bond acceptors (Lipinski definition) is 22. The first-order valence-corrected chi connectivity index (χ1v) is 40.5. The Balaban J connectivity index is 0.711. The van der Waals surface area contributed by atoms with E-state index in [4.69, 9.17) is 76.1 Å². The fourth-order valence-corrected chi connectivity index (χ4v) is 14.7. The van der Waals surface area contributed by atoms with Crippen LogP contribution in [0, 0.1) is 5.92 Å². The van der Waals surface area contributed by atoms with E-state index >= 15 is 0 Å². The van der Waals surface area contributed by atoms with Gasteiger partial charge in [-0.05, 0) is 76.6 Å². The Hall–Kier alpha value is -9.10. The van der Waals surface area contributed by atoms with Gasteiger partial charge in [0.15, 0.2) is 0 Å². The van der Waals surface area contributed by atoms with Crippen LogP contribution in [0.25, 0.3) is 21.5 Å². The Morgan fingerprint density at radius 1 is 0.658 bits per heavy atom. The zero-order valence-corrected chi connectivity index (χ0v) is 66.9. The number of nitrogens with one attached hydrogen (secondary N) is 4. The number of anilines is 3. The predicted molar refractivity (Wildman–Crippen MR) is 424 cm³/mol. The average molecular weight is 1660 g/mol. The number of halogens is 2. The molecule has 37 heteroatoms. The van der Waals surface area contributed by atoms with Crippen LogP contribution in [-0.2, 0) is 68.2 Å². The second-order valence-electron chi connectivity index (χ2n) is 27.0. The predicted octanol–water partition coefficient (Wildman–Crippen LogP) is 7.43. The van der Waals surface area contributed by atoms with Gasteiger partial charge < -0.3 is 104 Å². The number of hydrogen-bond donors (Lipinski definition) is 8. The number of nitrogens with zero attached hydrogens (tertiary/aromatic N) is 5. The molecule has 9 rings (SSSR count). The molecule has 33 nitrogen and oxygen atoms in total. The molecule has 4 heterocycles. The minimum absolute atomic E-state index is 0.0114. The van der Waals surface area contributed by atoms with E-state index < -0.39 is 79.8 Å². The summed E-state index contributed by atoms with van der Waals surface area (Å²) in [5.41, 5.74) is 8.43. The number of methoxy groups -OCH3 is 1. The number of aliphatic hydroxyl groups is 1. The summed E-state index contributed by atoms with van der Waals surface area (Å²) in [7, 11) is -2.05. The van der Waals surface area contributed by atoms with E-state index in [0.717, 1.165) is 16.9 Å². The van der Waals surface area contributed by atoms with E-state index in [1.807, 2.05) is 12.1 Å². The summed E-state index contributed by atoms with van der Waals surface area (Å²) in [6.07, 6.45) is 0.582. The lowest BCUT2D eigenvalue weighted by molar-refractivity contribution is -0.132. The van der Waals surface area contributed by atoms with Gasteiger partial charge in [0.25, 0.3) is 11.8 Å². The summed E-state index contributed by atoms with van der Waals surface area (Å²) < 4.78 is 67.5. The number of alkyl halides is 2. The Bertz CT molecular complexity index is 4390. The van der Waals surface area contributed by atoms with Crippen molar-refractivity contribution < 1.29 is 110 Å². The average Bonchev–Trinajstić information content (AvgIpc) is 1.57. The van der Waals surface area contributed by atoms with Crippen molar-refractivity contribution in [2.45, 2.75) is 69.9 Å². The highest BCUT2D eigenvalue weighted by atomic mass is 35.5. The highest BCUT2D eigenvalue weighted by molar-refractivity contribution is 7.46. The van der Waals surface area contributed by atoms with Gasteiger partial charge in [-0.15, -0.1) is 34.5 Å². The molecule has 0 saturated carbocycles. The minimum atomic E-state index is -5.02. The SMILES string of the molecule is COCCN(CCN(C)C(=O)OCc1ccc(NC(=O)C(CCCNC(N)=O)NC(=O)C(NC(=O)CCOCCOCCOCCOCCOCCOCCN2C(=O)C=CC2O)C(C)C)cc1)C(=O)Oc1cc2c(c3ccccc13)C(CCl)CN2C(=O)c1ccc(C(=O)N2CC(CCl)c3c2cc(OP(=O)(O)O)c2ccccc32)s1. The lowest BCUT2D eigenvalue weighted by Gasteiger charge is -2.25. The van der Waals surface area contributed by atoms with Crippen molar-refractivity contribution >= 4 is 135 Å². The number of phosphoric ester groups is 1. The number of fused-ring (bicyclic) bond motifs is 6. The summed E-state index contributed by atoms with van der Waals surface area (Å²) in [6.45, 7) is 7.69. The first kappa shape index (κ1) is 88.8. The van der Waals surface area contributed by atoms with Crippen molar-refractivity contribution in [1.29, 1.82) is 0 Å². The van der Waals surface area contributed by atoms with Crippen LogP contribution in [0.5, 0.6) is 11.5 Å². The molecule has 1 aromatic heterocycles. The standard InChI is InChI=1S/C77H97Cl2N10O23PS/c1-49(2)70(84-65(90)23-29-104-32-34-106-36-38-108-40-41-109-39-37-107-35-33-105-31-28-87-66(91)21-22-67(87)92)72(94)83-58(14-9-24-81-75(80)97)71(93)82-53-17-15-50(16-18-53)48-110-76(98)85(3)25-26-86(27-30-103-4)77(99)111-61-42-59-68(56-12-7-5-10-54(56)61)51(44-78)46-88(59)73(95)63-19-20-64(114-63)74(96)89-47-52(45-79)69-57-13-8-6-11-55(57)62(43-60(69)89)112-113(100,101)102/h5-8,10-13,15-22,42-43,49,51-52,58,66,70,91H,9,14,23-41,44-48H2,1-4H3,(H,82,93)(H,83,94)(H,84,90)(H3,80,81,97)(H2,100,101,102). The third-order valence-electron chi connectivity index (χ3n) is 18.7. The van der Waals surface area contributed by atoms with Crippen molar-refractivity contribution in [3.8, 4) is 11.5 Å². The normalized spacial score (nSPS) is 15.6. The number of rotatable bonds is 46. The van der Waals surface area contributed by atoms with Gasteiger partial charge in [0.05, 0.1) is 107 Å². The molecule has 0 aliphatic carbocycles. The second-order valence-corrected chi connectivity index (χ2v) is 29.9. The summed E-state index contributed by atoms with van der Waals surface area (Å²) in [4.78, 5) is 148. The molecule has 0 radical (unpaired) electrons. The maximum atomic E-state index is 14.8. The van der Waals surface area contributed by atoms with Crippen molar-refractivity contribution in [1.82, 2.24) is 30.7 Å². The van der Waals surface area contributed by atoms with Gasteiger partial charge in [-0.1, -0.05) is 74.5 Å². The van der Waals surface area contributed by atoms with Crippen LogP contribution >= 0.6 is 42.4 Å². The Morgan fingerprint density at radius 3 is 1.69 bits per heavy atom. The molecule has 0 fully saturated rings. The quantitative estimate of drug-likeness (QED) is 0.0105. The number of carbonyl (C=O) groups excluding carboxylic acids is 9. The molecule has 5 unspecified atom stereocenters. The number of aliphatic hydroxyl groups excluding tert-OH is 1. The van der Waals surface area contributed by atoms with E-state index in [2.05, 4.69) is 21.3 Å². The lowest BCUT2D eigenvalue weighted by Crippen LogP contribution is -2.54. The maximum absolute atomic E-state index is 14.8. The molecule has 0 spiro atoms. The molecule has 3 aliphatic heterocycles. The smallest absolute Gasteiger partial charge is 0.445 e. The topological polar surface area (TPSA) is 414 Å². The van der Waals surface area contributed by atoms with Crippen molar-refractivity contribution in [2.75, 3.05) is 173 Å². The molecule has 6 aromatic rings. The first-order valence-electron chi connectivity index (χ1n) is 37.1. The van der Waals surface area contributed by atoms with Crippen molar-refractivity contribution in [3.63, 3.8) is 0 Å². The zero-order valence-electron chi connectivity index (χ0n) is 63.7. The Kier molecular flexibility index (Phi) is 34.4. The van der Waals surface area contributed by atoms with Gasteiger partial charge in [-0.25, -0.2) is 18.9 Å². The number of likely N-dealkylation sites (N-methyl/N-ethyl adjacent to an activating group) is 1. The lowest BCUT2D eigenvalue weighted by atomic mass is 9.95. The molecular weight excluding hydrogens is 1570 g/mol. The number of urea groups is 1. The third-order valence-corrected chi connectivity index (χ3v) is 20.9. The molecule has 10 amide bonds. The van der Waals surface area contributed by atoms with E-state index in [1.165, 1.54) is 52.0 Å². The molecule has 3 aliphatic rings. The van der Waals surface area contributed by atoms with Crippen LogP contribution in [-0.4, -0.2) is 259 Å². The Labute approximate surface area is 673 Å². The number of primary amides is 1. The fraction of sp³-hybridized carbons (Fsp3) is 0.468. The number of nitrogens with two attached hydrogens (primary N) is 1. The molecule has 0 bridgehead atoms. The van der Waals surface area contributed by atoms with E-state index in [-0.39, 0.29) is 155 Å². The number of thiophene rings is 1. The molecular formula is C77H97Cl2N10O23PS. The van der Waals surface area contributed by atoms with Crippen LogP contribution in [0.2, 0.25) is 0 Å². The number of amides is 10. The highest BCUT2D eigenvalue weighted by Gasteiger charge is 2.40. The molecule has 114 heavy (non-hydrogen) atoms. The fourth-order valence-electron chi connectivity index (χ4n) is 12.9. The highest BCUT2D eigenvalue weighted by Crippen LogP contribution is 2.50. The van der Waals surface area contributed by atoms with Gasteiger partial charge in [0.2, 0.25) is 23.6 Å². The van der Waals surface area contributed by atoms with Crippen LogP contribution in [0.4, 0.5) is 31.4 Å². The van der Waals surface area contributed by atoms with Gasteiger partial charge in [-0.3, -0.25) is 38.6 Å². The first-order chi connectivity index (χ1) is 54.9. The molecule has 618 valence electrons. The van der Waals surface area contributed by atoms with E-state index in [0.29, 0.717) is 103 Å².